The molecule has 0 aliphatic rings. The molecule has 3 amide bonds. The first-order chi connectivity index (χ1) is 16.8. The van der Waals surface area contributed by atoms with Crippen molar-refractivity contribution in [2.24, 2.45) is 44.6 Å². The second kappa shape index (κ2) is 16.9. The zero-order chi connectivity index (χ0) is 27.8. The number of carboxylic acids is 1. The lowest BCUT2D eigenvalue weighted by Crippen LogP contribution is -2.57. The summed E-state index contributed by atoms with van der Waals surface area (Å²) in [5.74, 6) is -3.57. The number of carboxylic acid groups (broad SMARTS) is 1. The van der Waals surface area contributed by atoms with Gasteiger partial charge in [0.25, 0.3) is 0 Å². The molecule has 15 heteroatoms. The summed E-state index contributed by atoms with van der Waals surface area (Å²) < 4.78 is 0. The Morgan fingerprint density at radius 2 is 1.33 bits per heavy atom. The number of carbonyl (C=O) groups is 4. The molecule has 0 saturated heterocycles. The lowest BCUT2D eigenvalue weighted by atomic mass is 9.98. The number of rotatable bonds is 17. The Labute approximate surface area is 211 Å². The predicted molar refractivity (Wildman–Crippen MR) is 136 cm³/mol. The van der Waals surface area contributed by atoms with Crippen LogP contribution in [0, 0.1) is 5.92 Å². The highest BCUT2D eigenvalue weighted by atomic mass is 16.4. The van der Waals surface area contributed by atoms with Crippen LogP contribution in [0.2, 0.25) is 0 Å². The van der Waals surface area contributed by atoms with Crippen LogP contribution in [0.15, 0.2) is 9.98 Å². The Kier molecular flexibility index (Phi) is 15.2. The van der Waals surface area contributed by atoms with E-state index in [1.807, 2.05) is 0 Å². The van der Waals surface area contributed by atoms with Crippen LogP contribution in [-0.2, 0) is 19.2 Å². The summed E-state index contributed by atoms with van der Waals surface area (Å²) in [6.07, 6.45) is 1.74. The van der Waals surface area contributed by atoms with E-state index >= 15 is 0 Å². The first-order valence-corrected chi connectivity index (χ1v) is 11.8. The van der Waals surface area contributed by atoms with Gasteiger partial charge in [-0.3, -0.25) is 24.4 Å². The third-order valence-corrected chi connectivity index (χ3v) is 5.41. The lowest BCUT2D eigenvalue weighted by Gasteiger charge is -2.25. The summed E-state index contributed by atoms with van der Waals surface area (Å²) in [6.45, 7) is 5.45. The summed E-state index contributed by atoms with van der Waals surface area (Å²) in [6, 6.07) is -4.11. The number of aliphatic imine (C=N–C) groups is 2. The Bertz CT molecular complexity index is 796. The van der Waals surface area contributed by atoms with Gasteiger partial charge in [0, 0.05) is 13.1 Å². The van der Waals surface area contributed by atoms with Crippen molar-refractivity contribution < 1.29 is 24.3 Å². The summed E-state index contributed by atoms with van der Waals surface area (Å²) in [5, 5.41) is 17.0. The molecule has 0 bridgehead atoms. The topological polar surface area (TPSA) is 279 Å². The summed E-state index contributed by atoms with van der Waals surface area (Å²) in [4.78, 5) is 57.2. The van der Waals surface area contributed by atoms with Crippen molar-refractivity contribution in [1.29, 1.82) is 0 Å². The summed E-state index contributed by atoms with van der Waals surface area (Å²) >= 11 is 0. The maximum absolute atomic E-state index is 12.9. The summed E-state index contributed by atoms with van der Waals surface area (Å²) in [7, 11) is 0. The minimum atomic E-state index is -1.18. The fraction of sp³-hybridized carbons (Fsp3) is 0.714. The van der Waals surface area contributed by atoms with E-state index in [0.717, 1.165) is 0 Å². The van der Waals surface area contributed by atoms with Crippen molar-refractivity contribution >= 4 is 35.6 Å². The molecular formula is C21H42N10O5. The third-order valence-electron chi connectivity index (χ3n) is 5.41. The molecule has 5 atom stereocenters. The minimum absolute atomic E-state index is 0.0611. The van der Waals surface area contributed by atoms with Crippen LogP contribution in [0.25, 0.3) is 0 Å². The number of guanidine groups is 2. The van der Waals surface area contributed by atoms with Crippen molar-refractivity contribution in [1.82, 2.24) is 16.0 Å². The highest BCUT2D eigenvalue weighted by molar-refractivity contribution is 5.93. The van der Waals surface area contributed by atoms with Gasteiger partial charge in [-0.1, -0.05) is 20.3 Å². The molecule has 0 aromatic rings. The average molecular weight is 515 g/mol. The van der Waals surface area contributed by atoms with Gasteiger partial charge < -0.3 is 49.7 Å². The molecule has 0 aromatic heterocycles. The Morgan fingerprint density at radius 1 is 0.806 bits per heavy atom. The predicted octanol–water partition coefficient (Wildman–Crippen LogP) is -2.97. The molecule has 0 rings (SSSR count). The molecule has 0 fully saturated rings. The van der Waals surface area contributed by atoms with E-state index in [0.29, 0.717) is 32.2 Å². The van der Waals surface area contributed by atoms with Gasteiger partial charge in [-0.25, -0.2) is 4.79 Å². The highest BCUT2D eigenvalue weighted by Crippen LogP contribution is 2.09. The first kappa shape index (κ1) is 32.4. The van der Waals surface area contributed by atoms with Crippen LogP contribution in [0.3, 0.4) is 0 Å². The van der Waals surface area contributed by atoms with Crippen molar-refractivity contribution in [3.05, 3.63) is 0 Å². The van der Waals surface area contributed by atoms with Gasteiger partial charge in [-0.05, 0) is 38.5 Å². The van der Waals surface area contributed by atoms with Crippen LogP contribution in [-0.4, -0.2) is 78.0 Å². The van der Waals surface area contributed by atoms with Gasteiger partial charge >= 0.3 is 5.97 Å². The number of hydrogen-bond acceptors (Lipinski definition) is 7. The van der Waals surface area contributed by atoms with Gasteiger partial charge in [0.15, 0.2) is 11.9 Å². The molecule has 0 radical (unpaired) electrons. The van der Waals surface area contributed by atoms with Gasteiger partial charge in [-0.15, -0.1) is 0 Å². The molecule has 0 spiro atoms. The summed E-state index contributed by atoms with van der Waals surface area (Å²) in [5.41, 5.74) is 26.9. The van der Waals surface area contributed by atoms with Crippen molar-refractivity contribution in [2.75, 3.05) is 13.1 Å². The van der Waals surface area contributed by atoms with Crippen LogP contribution in [0.4, 0.5) is 0 Å². The molecule has 0 aliphatic carbocycles. The average Bonchev–Trinajstić information content (AvgIpc) is 2.80. The largest absolute Gasteiger partial charge is 0.480 e. The van der Waals surface area contributed by atoms with Gasteiger partial charge in [0.1, 0.15) is 18.1 Å². The number of nitrogens with one attached hydrogen (secondary N) is 3. The molecule has 0 saturated carbocycles. The molecular weight excluding hydrogens is 472 g/mol. The minimum Gasteiger partial charge on any atom is -0.480 e. The Balaban J connectivity index is 5.19. The molecule has 0 unspecified atom stereocenters. The van der Waals surface area contributed by atoms with E-state index in [2.05, 4.69) is 25.9 Å². The van der Waals surface area contributed by atoms with Crippen LogP contribution < -0.4 is 44.6 Å². The van der Waals surface area contributed by atoms with E-state index in [-0.39, 0.29) is 30.8 Å². The number of nitrogens with zero attached hydrogens (tertiary/aromatic N) is 2. The maximum atomic E-state index is 12.9. The smallest absolute Gasteiger partial charge is 0.326 e. The number of amides is 3. The number of nitrogens with two attached hydrogens (primary N) is 5. The Morgan fingerprint density at radius 3 is 1.81 bits per heavy atom. The van der Waals surface area contributed by atoms with E-state index < -0.39 is 47.9 Å². The second-order valence-electron chi connectivity index (χ2n) is 8.51. The van der Waals surface area contributed by atoms with E-state index in [4.69, 9.17) is 28.7 Å². The van der Waals surface area contributed by atoms with Gasteiger partial charge in [0.05, 0.1) is 6.04 Å². The monoisotopic (exact) mass is 514 g/mol. The van der Waals surface area contributed by atoms with Crippen molar-refractivity contribution in [3.63, 3.8) is 0 Å². The number of carbonyl (C=O) groups excluding carboxylic acids is 3. The van der Waals surface area contributed by atoms with Crippen molar-refractivity contribution in [2.45, 2.75) is 77.0 Å². The molecule has 0 aliphatic heterocycles. The molecule has 15 nitrogen and oxygen atoms in total. The fourth-order valence-corrected chi connectivity index (χ4v) is 3.04. The SMILES string of the molecule is CC[C@H](C)[C@H](NC(=O)[C@H](CCCN=C(N)N)NC(=O)[C@H](C)NC(=O)[C@@H](N)CCCN=C(N)N)C(=O)O. The number of aliphatic carboxylic acids is 1. The van der Waals surface area contributed by atoms with Crippen LogP contribution in [0.1, 0.15) is 52.9 Å². The van der Waals surface area contributed by atoms with Gasteiger partial charge in [0.2, 0.25) is 17.7 Å². The molecule has 0 heterocycles. The molecule has 14 N–H and O–H groups in total. The molecule has 0 aromatic carbocycles. The van der Waals surface area contributed by atoms with E-state index in [1.54, 1.807) is 13.8 Å². The van der Waals surface area contributed by atoms with Crippen LogP contribution in [0.5, 0.6) is 0 Å². The fourth-order valence-electron chi connectivity index (χ4n) is 3.04. The van der Waals surface area contributed by atoms with Gasteiger partial charge in [-0.2, -0.15) is 0 Å². The van der Waals surface area contributed by atoms with E-state index in [9.17, 15) is 24.3 Å². The standard InChI is InChI=1S/C21H42N10O5/c1-4-11(2)15(19(35)36)31-18(34)14(8-6-10-28-21(25)26)30-16(32)12(3)29-17(33)13(22)7-5-9-27-20(23)24/h11-15H,4-10,22H2,1-3H3,(H,29,33)(H,30,32)(H,31,34)(H,35,36)(H4,23,24,27)(H4,25,26,28)/t11-,12-,13-,14-,15-/m0/s1. The third kappa shape index (κ3) is 13.3. The molecule has 36 heavy (non-hydrogen) atoms. The van der Waals surface area contributed by atoms with Crippen LogP contribution >= 0.6 is 0 Å². The Hall–Kier alpha value is -3.62. The van der Waals surface area contributed by atoms with E-state index in [1.165, 1.54) is 6.92 Å². The quantitative estimate of drug-likeness (QED) is 0.0539. The first-order valence-electron chi connectivity index (χ1n) is 11.8. The second-order valence-corrected chi connectivity index (χ2v) is 8.51. The maximum Gasteiger partial charge on any atom is 0.326 e. The molecule has 206 valence electrons. The van der Waals surface area contributed by atoms with Crippen molar-refractivity contribution in [3.8, 4) is 0 Å². The highest BCUT2D eigenvalue weighted by Gasteiger charge is 2.30. The normalized spacial score (nSPS) is 14.8. The zero-order valence-corrected chi connectivity index (χ0v) is 21.2. The lowest BCUT2D eigenvalue weighted by molar-refractivity contribution is -0.143. The zero-order valence-electron chi connectivity index (χ0n) is 21.2. The number of hydrogen-bond donors (Lipinski definition) is 9.